The highest BCUT2D eigenvalue weighted by atomic mass is 16.6. The van der Waals surface area contributed by atoms with E-state index in [0.717, 1.165) is 5.56 Å². The number of ether oxygens (including phenoxy) is 2. The van der Waals surface area contributed by atoms with Crippen LogP contribution in [0.4, 0.5) is 4.79 Å². The predicted octanol–water partition coefficient (Wildman–Crippen LogP) is 3.46. The molecule has 10 heteroatoms. The molecule has 4 N–H and O–H groups in total. The molecule has 0 radical (unpaired) electrons. The lowest BCUT2D eigenvalue weighted by Crippen LogP contribution is -2.53. The second-order valence-electron chi connectivity index (χ2n) is 10.5. The highest BCUT2D eigenvalue weighted by Gasteiger charge is 2.31. The van der Waals surface area contributed by atoms with Gasteiger partial charge in [-0.05, 0) is 61.4 Å². The number of esters is 2. The van der Waals surface area contributed by atoms with Gasteiger partial charge in [0.1, 0.15) is 30.5 Å². The first kappa shape index (κ1) is 32.3. The van der Waals surface area contributed by atoms with Crippen molar-refractivity contribution in [3.63, 3.8) is 0 Å². The van der Waals surface area contributed by atoms with Crippen LogP contribution in [0, 0.1) is 11.8 Å². The van der Waals surface area contributed by atoms with Gasteiger partial charge in [-0.15, -0.1) is 0 Å². The number of likely N-dealkylation sites (N-methyl/N-ethyl adjacent to an activating group) is 1. The van der Waals surface area contributed by atoms with Crippen molar-refractivity contribution >= 4 is 23.9 Å². The van der Waals surface area contributed by atoms with Crippen LogP contribution in [0.15, 0.2) is 54.6 Å². The Balaban J connectivity index is 2.05. The number of benzene rings is 2. The van der Waals surface area contributed by atoms with Crippen molar-refractivity contribution in [2.24, 2.45) is 11.8 Å². The van der Waals surface area contributed by atoms with Gasteiger partial charge in [0, 0.05) is 0 Å². The largest absolute Gasteiger partial charge is 0.508 e. The summed E-state index contributed by atoms with van der Waals surface area (Å²) in [5.74, 6) is -2.17. The van der Waals surface area contributed by atoms with Crippen LogP contribution in [0.25, 0.3) is 0 Å². The third kappa shape index (κ3) is 11.4. The number of phenolic OH excluding ortho intramolecular Hbond substituents is 1. The number of hydrogen-bond donors (Lipinski definition) is 4. The lowest BCUT2D eigenvalue weighted by atomic mass is 10.0. The predicted molar refractivity (Wildman–Crippen MR) is 150 cm³/mol. The fourth-order valence-corrected chi connectivity index (χ4v) is 4.03. The summed E-state index contributed by atoms with van der Waals surface area (Å²) in [4.78, 5) is 51.5. The Bertz CT molecular complexity index is 1120. The lowest BCUT2D eigenvalue weighted by Gasteiger charge is -2.24. The molecule has 0 heterocycles. The SMILES string of the molecule is CNC(Cc1cccc(O)c1)C(=O)OC(=O)C(CC(C)C)NC(=O)[C@@H](CC(C)C)NC(=O)OCc1ccccc1. The molecule has 0 aliphatic carbocycles. The van der Waals surface area contributed by atoms with Crippen LogP contribution >= 0.6 is 0 Å². The molecule has 2 aromatic carbocycles. The fourth-order valence-electron chi connectivity index (χ4n) is 4.03. The van der Waals surface area contributed by atoms with Crippen molar-refractivity contribution in [3.8, 4) is 5.75 Å². The van der Waals surface area contributed by atoms with Crippen molar-refractivity contribution in [2.45, 2.75) is 71.7 Å². The molecule has 0 saturated carbocycles. The van der Waals surface area contributed by atoms with E-state index in [9.17, 15) is 24.3 Å². The van der Waals surface area contributed by atoms with Gasteiger partial charge in [-0.2, -0.15) is 0 Å². The highest BCUT2D eigenvalue weighted by Crippen LogP contribution is 2.14. The van der Waals surface area contributed by atoms with Gasteiger partial charge < -0.3 is 30.5 Å². The molecule has 0 bridgehead atoms. The van der Waals surface area contributed by atoms with Crippen molar-refractivity contribution in [2.75, 3.05) is 7.05 Å². The molecule has 10 nitrogen and oxygen atoms in total. The summed E-state index contributed by atoms with van der Waals surface area (Å²) in [6.07, 6.45) is -0.0439. The third-order valence-electron chi connectivity index (χ3n) is 6.02. The standard InChI is InChI=1S/C30H41N3O7/c1-19(2)14-24(33-30(38)39-18-21-10-7-6-8-11-21)27(35)32-26(15-20(3)4)29(37)40-28(36)25(31-5)17-22-12-9-13-23(34)16-22/h6-13,16,19-20,24-26,31,34H,14-15,17-18H2,1-5H3,(H,32,35)(H,33,38)/t24-,25?,26?/m1/s1. The second-order valence-corrected chi connectivity index (χ2v) is 10.5. The molecule has 2 rings (SSSR count). The van der Waals surface area contributed by atoms with Crippen molar-refractivity contribution < 1.29 is 33.8 Å². The Morgan fingerprint density at radius 3 is 1.98 bits per heavy atom. The maximum atomic E-state index is 13.2. The van der Waals surface area contributed by atoms with Gasteiger partial charge in [0.15, 0.2) is 0 Å². The number of alkyl carbamates (subject to hydrolysis) is 1. The van der Waals surface area contributed by atoms with Gasteiger partial charge in [-0.1, -0.05) is 70.2 Å². The summed E-state index contributed by atoms with van der Waals surface area (Å²) in [5, 5.41) is 17.8. The maximum absolute atomic E-state index is 13.2. The number of carbonyl (C=O) groups excluding carboxylic acids is 4. The summed E-state index contributed by atoms with van der Waals surface area (Å²) in [6, 6.07) is 12.7. The molecule has 0 aliphatic rings. The summed E-state index contributed by atoms with van der Waals surface area (Å²) in [6.45, 7) is 7.59. The first-order valence-electron chi connectivity index (χ1n) is 13.5. The molecule has 0 aliphatic heterocycles. The minimum atomic E-state index is -1.11. The Morgan fingerprint density at radius 1 is 0.775 bits per heavy atom. The molecule has 218 valence electrons. The van der Waals surface area contributed by atoms with Crippen molar-refractivity contribution in [3.05, 3.63) is 65.7 Å². The van der Waals surface area contributed by atoms with E-state index < -0.39 is 42.1 Å². The number of carbonyl (C=O) groups is 4. The quantitative estimate of drug-likeness (QED) is 0.205. The number of rotatable bonds is 14. The number of aromatic hydroxyl groups is 1. The first-order chi connectivity index (χ1) is 19.0. The smallest absolute Gasteiger partial charge is 0.408 e. The molecule has 0 fully saturated rings. The van der Waals surface area contributed by atoms with Crippen LogP contribution in [-0.4, -0.2) is 54.2 Å². The van der Waals surface area contributed by atoms with E-state index in [-0.39, 0.29) is 37.0 Å². The van der Waals surface area contributed by atoms with Crippen molar-refractivity contribution in [1.29, 1.82) is 0 Å². The summed E-state index contributed by atoms with van der Waals surface area (Å²) < 4.78 is 10.4. The number of amides is 2. The summed E-state index contributed by atoms with van der Waals surface area (Å²) in [5.41, 5.74) is 1.48. The zero-order valence-electron chi connectivity index (χ0n) is 23.8. The first-order valence-corrected chi connectivity index (χ1v) is 13.5. The molecule has 2 aromatic rings. The maximum Gasteiger partial charge on any atom is 0.408 e. The Labute approximate surface area is 235 Å². The minimum absolute atomic E-state index is 0.00677. The number of phenols is 1. The van der Waals surface area contributed by atoms with E-state index in [1.54, 1.807) is 19.2 Å². The fraction of sp³-hybridized carbons (Fsp3) is 0.467. The van der Waals surface area contributed by atoms with Gasteiger partial charge in [-0.25, -0.2) is 14.4 Å². The van der Waals surface area contributed by atoms with Crippen LogP contribution in [-0.2, 0) is 36.9 Å². The average Bonchev–Trinajstić information content (AvgIpc) is 2.89. The molecule has 2 unspecified atom stereocenters. The van der Waals surface area contributed by atoms with E-state index in [2.05, 4.69) is 16.0 Å². The third-order valence-corrected chi connectivity index (χ3v) is 6.02. The van der Waals surface area contributed by atoms with Gasteiger partial charge in [-0.3, -0.25) is 4.79 Å². The topological polar surface area (TPSA) is 143 Å². The van der Waals surface area contributed by atoms with Crippen molar-refractivity contribution in [1.82, 2.24) is 16.0 Å². The Hall–Kier alpha value is -3.92. The van der Waals surface area contributed by atoms with Gasteiger partial charge in [0.2, 0.25) is 5.91 Å². The van der Waals surface area contributed by atoms with Crippen LogP contribution in [0.1, 0.15) is 51.7 Å². The number of hydrogen-bond acceptors (Lipinski definition) is 8. The van der Waals surface area contributed by atoms with E-state index in [4.69, 9.17) is 9.47 Å². The van der Waals surface area contributed by atoms with Crippen LogP contribution in [0.2, 0.25) is 0 Å². The van der Waals surface area contributed by atoms with E-state index >= 15 is 0 Å². The van der Waals surface area contributed by atoms with E-state index in [1.165, 1.54) is 12.1 Å². The average molecular weight is 556 g/mol. The van der Waals surface area contributed by atoms with Crippen LogP contribution in [0.5, 0.6) is 5.75 Å². The van der Waals surface area contributed by atoms with E-state index in [1.807, 2.05) is 58.0 Å². The molecule has 0 aromatic heterocycles. The van der Waals surface area contributed by atoms with Crippen LogP contribution in [0.3, 0.4) is 0 Å². The summed E-state index contributed by atoms with van der Waals surface area (Å²) in [7, 11) is 1.56. The minimum Gasteiger partial charge on any atom is -0.508 e. The Kier molecular flexibility index (Phi) is 13.1. The molecular weight excluding hydrogens is 514 g/mol. The monoisotopic (exact) mass is 555 g/mol. The van der Waals surface area contributed by atoms with Gasteiger partial charge in [0.05, 0.1) is 0 Å². The van der Waals surface area contributed by atoms with E-state index in [0.29, 0.717) is 12.0 Å². The number of nitrogens with one attached hydrogen (secondary N) is 3. The highest BCUT2D eigenvalue weighted by molar-refractivity contribution is 5.94. The van der Waals surface area contributed by atoms with Gasteiger partial charge >= 0.3 is 18.0 Å². The lowest BCUT2D eigenvalue weighted by molar-refractivity contribution is -0.163. The summed E-state index contributed by atoms with van der Waals surface area (Å²) >= 11 is 0. The second kappa shape index (κ2) is 16.2. The molecule has 2 amide bonds. The molecule has 0 saturated heterocycles. The normalized spacial score (nSPS) is 13.3. The van der Waals surface area contributed by atoms with Gasteiger partial charge in [0.25, 0.3) is 0 Å². The van der Waals surface area contributed by atoms with Crippen LogP contribution < -0.4 is 16.0 Å². The Morgan fingerprint density at radius 2 is 1.38 bits per heavy atom. The molecule has 0 spiro atoms. The molecular formula is C30H41N3O7. The molecule has 3 atom stereocenters. The zero-order chi connectivity index (χ0) is 29.7. The molecule has 40 heavy (non-hydrogen) atoms. The zero-order valence-corrected chi connectivity index (χ0v) is 23.8.